The minimum absolute atomic E-state index is 0.105. The van der Waals surface area contributed by atoms with Gasteiger partial charge in [0.25, 0.3) is 5.56 Å². The van der Waals surface area contributed by atoms with Crippen LogP contribution < -0.4 is 11.2 Å². The second-order valence-electron chi connectivity index (χ2n) is 5.13. The molecule has 1 aliphatic rings. The van der Waals surface area contributed by atoms with Crippen LogP contribution >= 0.6 is 7.14 Å². The fourth-order valence-corrected chi connectivity index (χ4v) is 2.20. The molecule has 1 N–H and O–H groups in total. The lowest BCUT2D eigenvalue weighted by Crippen LogP contribution is -2.33. The topological polar surface area (TPSA) is 90.4 Å². The molecule has 2 rings (SSSR count). The molecular formula is C12H17N2O5P. The van der Waals surface area contributed by atoms with Crippen LogP contribution in [0, 0.1) is 6.92 Å². The van der Waals surface area contributed by atoms with E-state index in [1.807, 2.05) is 0 Å². The molecule has 110 valence electrons. The van der Waals surface area contributed by atoms with E-state index in [0.717, 1.165) is 0 Å². The molecule has 2 heterocycles. The highest BCUT2D eigenvalue weighted by molar-refractivity contribution is 7.62. The Bertz CT molecular complexity index is 684. The summed E-state index contributed by atoms with van der Waals surface area (Å²) in [6, 6.07) is 0. The first-order valence-electron chi connectivity index (χ1n) is 6.08. The van der Waals surface area contributed by atoms with E-state index in [4.69, 9.17) is 9.47 Å². The van der Waals surface area contributed by atoms with E-state index in [1.165, 1.54) is 10.8 Å². The van der Waals surface area contributed by atoms with Crippen molar-refractivity contribution in [2.24, 2.45) is 0 Å². The normalized spacial score (nSPS) is 22.4. The fraction of sp³-hybridized carbons (Fsp3) is 0.500. The summed E-state index contributed by atoms with van der Waals surface area (Å²) in [6.45, 7) is 4.85. The van der Waals surface area contributed by atoms with Crippen molar-refractivity contribution in [3.05, 3.63) is 44.8 Å². The zero-order valence-corrected chi connectivity index (χ0v) is 12.4. The summed E-state index contributed by atoms with van der Waals surface area (Å²) in [5.74, 6) is 0. The molecule has 0 aromatic carbocycles. The molecule has 1 aromatic heterocycles. The van der Waals surface area contributed by atoms with Gasteiger partial charge in [-0.3, -0.25) is 14.3 Å². The molecule has 1 aromatic rings. The minimum Gasteiger partial charge on any atom is -0.341 e. The number of ether oxygens (including phenoxy) is 2. The van der Waals surface area contributed by atoms with Crippen LogP contribution in [-0.4, -0.2) is 35.5 Å². The summed E-state index contributed by atoms with van der Waals surface area (Å²) in [5.41, 5.74) is -0.552. The molecule has 0 saturated carbocycles. The van der Waals surface area contributed by atoms with Crippen LogP contribution in [0.1, 0.15) is 11.8 Å². The predicted molar refractivity (Wildman–Crippen MR) is 74.5 cm³/mol. The number of nitrogens with zero attached hydrogens (tertiary/aromatic N) is 1. The van der Waals surface area contributed by atoms with Crippen LogP contribution in [0.2, 0.25) is 0 Å². The van der Waals surface area contributed by atoms with Gasteiger partial charge in [-0.2, -0.15) is 0 Å². The van der Waals surface area contributed by atoms with Gasteiger partial charge in [0, 0.05) is 11.8 Å². The monoisotopic (exact) mass is 300 g/mol. The largest absolute Gasteiger partial charge is 0.341 e. The number of rotatable bonds is 4. The van der Waals surface area contributed by atoms with E-state index in [1.54, 1.807) is 32.4 Å². The van der Waals surface area contributed by atoms with E-state index < -0.39 is 30.9 Å². The Labute approximate surface area is 115 Å². The molecule has 8 heteroatoms. The maximum Gasteiger partial charge on any atom is 0.330 e. The standard InChI is InChI=1S/C12H17N2O5P/c1-8-6-14(12(16)13-11(8)15)9-4-5-10(19-9)18-7-20(2,3)17/h4-6,9-10H,7H2,1-3H3,(H,13,15,16)/t9-,10+/m0/s1. The van der Waals surface area contributed by atoms with Crippen LogP contribution in [-0.2, 0) is 14.0 Å². The van der Waals surface area contributed by atoms with Gasteiger partial charge in [0.1, 0.15) is 13.5 Å². The highest BCUT2D eigenvalue weighted by atomic mass is 31.2. The number of aromatic nitrogens is 2. The van der Waals surface area contributed by atoms with E-state index in [-0.39, 0.29) is 6.35 Å². The smallest absolute Gasteiger partial charge is 0.330 e. The summed E-state index contributed by atoms with van der Waals surface area (Å²) in [5, 5.41) is 0. The van der Waals surface area contributed by atoms with Crippen molar-refractivity contribution in [2.45, 2.75) is 19.4 Å². The Morgan fingerprint density at radius 3 is 2.75 bits per heavy atom. The van der Waals surface area contributed by atoms with E-state index >= 15 is 0 Å². The molecule has 0 bridgehead atoms. The SMILES string of the molecule is Cc1cn([C@@H]2C=C[C@H](OCP(C)(C)=O)O2)c(=O)[nH]c1=O. The van der Waals surface area contributed by atoms with Crippen LogP contribution in [0.5, 0.6) is 0 Å². The van der Waals surface area contributed by atoms with Gasteiger partial charge in [0.15, 0.2) is 12.5 Å². The average Bonchev–Trinajstić information content (AvgIpc) is 2.79. The van der Waals surface area contributed by atoms with Gasteiger partial charge in [-0.25, -0.2) is 4.79 Å². The summed E-state index contributed by atoms with van der Waals surface area (Å²) < 4.78 is 23.7. The van der Waals surface area contributed by atoms with Crippen LogP contribution in [0.25, 0.3) is 0 Å². The fourth-order valence-electron chi connectivity index (χ4n) is 1.70. The number of H-pyrrole nitrogens is 1. The van der Waals surface area contributed by atoms with Gasteiger partial charge in [-0.05, 0) is 32.4 Å². The zero-order valence-electron chi connectivity index (χ0n) is 11.5. The highest BCUT2D eigenvalue weighted by Crippen LogP contribution is 2.36. The average molecular weight is 300 g/mol. The molecule has 20 heavy (non-hydrogen) atoms. The highest BCUT2D eigenvalue weighted by Gasteiger charge is 2.23. The van der Waals surface area contributed by atoms with Crippen LogP contribution in [0.15, 0.2) is 27.9 Å². The second kappa shape index (κ2) is 5.52. The third kappa shape index (κ3) is 3.56. The van der Waals surface area contributed by atoms with Gasteiger partial charge >= 0.3 is 5.69 Å². The molecule has 0 unspecified atom stereocenters. The Morgan fingerprint density at radius 1 is 1.40 bits per heavy atom. The quantitative estimate of drug-likeness (QED) is 0.657. The number of hydrogen-bond donors (Lipinski definition) is 1. The minimum atomic E-state index is -2.29. The molecule has 1 aliphatic heterocycles. The molecule has 0 saturated heterocycles. The molecule has 0 radical (unpaired) electrons. The molecular weight excluding hydrogens is 283 g/mol. The zero-order chi connectivity index (χ0) is 14.9. The van der Waals surface area contributed by atoms with E-state index in [0.29, 0.717) is 5.56 Å². The predicted octanol–water partition coefficient (Wildman–Crippen LogP) is 0.853. The number of nitrogens with one attached hydrogen (secondary N) is 1. The molecule has 7 nitrogen and oxygen atoms in total. The van der Waals surface area contributed by atoms with Crippen molar-refractivity contribution in [3.8, 4) is 0 Å². The van der Waals surface area contributed by atoms with Crippen molar-refractivity contribution in [1.29, 1.82) is 0 Å². The van der Waals surface area contributed by atoms with Gasteiger partial charge in [0.05, 0.1) is 0 Å². The van der Waals surface area contributed by atoms with Crippen molar-refractivity contribution in [3.63, 3.8) is 0 Å². The van der Waals surface area contributed by atoms with Crippen LogP contribution in [0.3, 0.4) is 0 Å². The van der Waals surface area contributed by atoms with E-state index in [2.05, 4.69) is 4.98 Å². The van der Waals surface area contributed by atoms with Gasteiger partial charge in [0.2, 0.25) is 0 Å². The summed E-state index contributed by atoms with van der Waals surface area (Å²) >= 11 is 0. The summed E-state index contributed by atoms with van der Waals surface area (Å²) in [7, 11) is -2.29. The number of aromatic amines is 1. The Morgan fingerprint density at radius 2 is 2.10 bits per heavy atom. The summed E-state index contributed by atoms with van der Waals surface area (Å²) in [6.07, 6.45) is 3.55. The molecule has 0 amide bonds. The molecule has 0 fully saturated rings. The maximum absolute atomic E-state index is 11.7. The number of aryl methyl sites for hydroxylation is 1. The van der Waals surface area contributed by atoms with Gasteiger partial charge in [-0.1, -0.05) is 0 Å². The third-order valence-electron chi connectivity index (χ3n) is 2.68. The van der Waals surface area contributed by atoms with Gasteiger partial charge in [-0.15, -0.1) is 0 Å². The summed E-state index contributed by atoms with van der Waals surface area (Å²) in [4.78, 5) is 25.2. The Balaban J connectivity index is 2.09. The second-order valence-corrected chi connectivity index (χ2v) is 8.53. The first-order chi connectivity index (χ1) is 9.26. The van der Waals surface area contributed by atoms with Crippen molar-refractivity contribution < 1.29 is 14.0 Å². The van der Waals surface area contributed by atoms with Crippen molar-refractivity contribution in [2.75, 3.05) is 19.7 Å². The van der Waals surface area contributed by atoms with E-state index in [9.17, 15) is 14.2 Å². The number of hydrogen-bond acceptors (Lipinski definition) is 5. The first-order valence-corrected chi connectivity index (χ1v) is 8.86. The Kier molecular flexibility index (Phi) is 4.13. The van der Waals surface area contributed by atoms with Crippen molar-refractivity contribution >= 4 is 7.14 Å². The van der Waals surface area contributed by atoms with Crippen LogP contribution in [0.4, 0.5) is 0 Å². The molecule has 2 atom stereocenters. The lowest BCUT2D eigenvalue weighted by Gasteiger charge is -2.17. The van der Waals surface area contributed by atoms with Crippen molar-refractivity contribution in [1.82, 2.24) is 9.55 Å². The first kappa shape index (κ1) is 15.0. The molecule has 0 aliphatic carbocycles. The lowest BCUT2D eigenvalue weighted by atomic mass is 10.4. The lowest BCUT2D eigenvalue weighted by molar-refractivity contribution is -0.125. The molecule has 0 spiro atoms. The Hall–Kier alpha value is -1.43. The third-order valence-corrected chi connectivity index (χ3v) is 3.45. The van der Waals surface area contributed by atoms with Gasteiger partial charge < -0.3 is 14.0 Å². The maximum atomic E-state index is 11.7.